The summed E-state index contributed by atoms with van der Waals surface area (Å²) in [5, 5.41) is 3.01. The van der Waals surface area contributed by atoms with Gasteiger partial charge in [-0.05, 0) is 35.8 Å². The largest absolute Gasteiger partial charge is 0.399 e. The number of anilines is 1. The number of nitrogen functional groups attached to an aromatic ring is 1. The zero-order valence-corrected chi connectivity index (χ0v) is 12.1. The van der Waals surface area contributed by atoms with Crippen LogP contribution < -0.4 is 11.1 Å². The van der Waals surface area contributed by atoms with Gasteiger partial charge in [0.2, 0.25) is 5.91 Å². The Balaban J connectivity index is 1.98. The summed E-state index contributed by atoms with van der Waals surface area (Å²) in [6.45, 7) is 2.06. The molecule has 0 radical (unpaired) electrons. The molecule has 21 heavy (non-hydrogen) atoms. The molecule has 3 heteroatoms. The summed E-state index contributed by atoms with van der Waals surface area (Å²) in [5.41, 5.74) is 8.41. The maximum Gasteiger partial charge on any atom is 0.244 e. The molecule has 3 nitrogen and oxygen atoms in total. The summed E-state index contributed by atoms with van der Waals surface area (Å²) in [4.78, 5) is 12.0. The van der Waals surface area contributed by atoms with E-state index in [9.17, 15) is 4.79 Å². The van der Waals surface area contributed by atoms with Crippen molar-refractivity contribution < 1.29 is 4.79 Å². The van der Waals surface area contributed by atoms with Crippen LogP contribution in [0, 0.1) is 0 Å². The van der Waals surface area contributed by atoms with Crippen molar-refractivity contribution in [3.63, 3.8) is 0 Å². The number of nitrogens with two attached hydrogens (primary N) is 1. The Morgan fingerprint density at radius 2 is 1.81 bits per heavy atom. The first kappa shape index (κ1) is 14.9. The van der Waals surface area contributed by atoms with Crippen LogP contribution in [0.25, 0.3) is 6.08 Å². The summed E-state index contributed by atoms with van der Waals surface area (Å²) in [6, 6.07) is 17.4. The third-order valence-corrected chi connectivity index (χ3v) is 3.29. The molecule has 1 atom stereocenters. The molecule has 2 aromatic rings. The Hall–Kier alpha value is -2.55. The van der Waals surface area contributed by atoms with Crippen LogP contribution in [0.4, 0.5) is 5.69 Å². The maximum atomic E-state index is 12.0. The van der Waals surface area contributed by atoms with Gasteiger partial charge in [0.05, 0.1) is 6.04 Å². The van der Waals surface area contributed by atoms with Crippen LogP contribution in [0.5, 0.6) is 0 Å². The Morgan fingerprint density at radius 1 is 1.14 bits per heavy atom. The minimum Gasteiger partial charge on any atom is -0.399 e. The monoisotopic (exact) mass is 280 g/mol. The van der Waals surface area contributed by atoms with Gasteiger partial charge in [-0.1, -0.05) is 49.4 Å². The molecule has 0 heterocycles. The lowest BCUT2D eigenvalue weighted by Crippen LogP contribution is -2.26. The fraction of sp³-hybridized carbons (Fsp3) is 0.167. The second-order valence-electron chi connectivity index (χ2n) is 4.88. The Kier molecular flexibility index (Phi) is 5.16. The summed E-state index contributed by atoms with van der Waals surface area (Å²) in [7, 11) is 0. The van der Waals surface area contributed by atoms with Crippen molar-refractivity contribution >= 4 is 17.7 Å². The van der Waals surface area contributed by atoms with E-state index >= 15 is 0 Å². The first-order valence-electron chi connectivity index (χ1n) is 7.08. The van der Waals surface area contributed by atoms with Crippen LogP contribution in [0.1, 0.15) is 30.5 Å². The number of carbonyl (C=O) groups excluding carboxylic acids is 1. The van der Waals surface area contributed by atoms with E-state index in [0.717, 1.165) is 17.5 Å². The number of rotatable bonds is 5. The minimum absolute atomic E-state index is 0.0368. The van der Waals surface area contributed by atoms with E-state index < -0.39 is 0 Å². The highest BCUT2D eigenvalue weighted by Crippen LogP contribution is 2.15. The molecular formula is C18H20N2O. The number of benzene rings is 2. The molecule has 1 amide bonds. The highest BCUT2D eigenvalue weighted by Gasteiger charge is 2.10. The zero-order chi connectivity index (χ0) is 15.1. The predicted molar refractivity (Wildman–Crippen MR) is 87.5 cm³/mol. The number of amides is 1. The van der Waals surface area contributed by atoms with Gasteiger partial charge >= 0.3 is 0 Å². The molecule has 0 aliphatic rings. The lowest BCUT2D eigenvalue weighted by Gasteiger charge is -2.16. The van der Waals surface area contributed by atoms with Crippen molar-refractivity contribution in [2.75, 3.05) is 5.73 Å². The van der Waals surface area contributed by atoms with Crippen molar-refractivity contribution in [2.45, 2.75) is 19.4 Å². The van der Waals surface area contributed by atoms with Crippen LogP contribution in [0.15, 0.2) is 60.7 Å². The second-order valence-corrected chi connectivity index (χ2v) is 4.88. The predicted octanol–water partition coefficient (Wildman–Crippen LogP) is 3.55. The van der Waals surface area contributed by atoms with Crippen molar-refractivity contribution in [1.29, 1.82) is 0 Å². The van der Waals surface area contributed by atoms with E-state index in [2.05, 4.69) is 12.2 Å². The molecule has 1 unspecified atom stereocenters. The van der Waals surface area contributed by atoms with Gasteiger partial charge in [0.25, 0.3) is 0 Å². The van der Waals surface area contributed by atoms with Crippen LogP contribution in [0.2, 0.25) is 0 Å². The van der Waals surface area contributed by atoms with E-state index in [4.69, 9.17) is 5.73 Å². The van der Waals surface area contributed by atoms with Crippen LogP contribution >= 0.6 is 0 Å². The fourth-order valence-electron chi connectivity index (χ4n) is 2.11. The van der Waals surface area contributed by atoms with E-state index in [0.29, 0.717) is 5.69 Å². The number of hydrogen-bond donors (Lipinski definition) is 2. The molecule has 0 fully saturated rings. The lowest BCUT2D eigenvalue weighted by atomic mass is 10.0. The number of nitrogens with one attached hydrogen (secondary N) is 1. The molecule has 108 valence electrons. The molecule has 0 aliphatic heterocycles. The summed E-state index contributed by atoms with van der Waals surface area (Å²) in [6.07, 6.45) is 4.19. The summed E-state index contributed by atoms with van der Waals surface area (Å²) >= 11 is 0. The fourth-order valence-corrected chi connectivity index (χ4v) is 2.11. The van der Waals surface area contributed by atoms with Crippen LogP contribution in [-0.4, -0.2) is 5.91 Å². The second kappa shape index (κ2) is 7.29. The third-order valence-electron chi connectivity index (χ3n) is 3.29. The Labute approximate surface area is 125 Å². The van der Waals surface area contributed by atoms with E-state index in [1.54, 1.807) is 12.2 Å². The quantitative estimate of drug-likeness (QED) is 0.650. The molecule has 0 bridgehead atoms. The first-order valence-corrected chi connectivity index (χ1v) is 7.08. The van der Waals surface area contributed by atoms with Gasteiger partial charge in [-0.25, -0.2) is 0 Å². The SMILES string of the molecule is CCC(NC(=O)/C=C/c1ccc(N)cc1)c1ccccc1. The van der Waals surface area contributed by atoms with Crippen molar-refractivity contribution in [1.82, 2.24) is 5.32 Å². The van der Waals surface area contributed by atoms with Crippen molar-refractivity contribution in [3.05, 3.63) is 71.8 Å². The molecule has 0 aromatic heterocycles. The van der Waals surface area contributed by atoms with E-state index in [1.165, 1.54) is 0 Å². The van der Waals surface area contributed by atoms with Crippen LogP contribution in [0.3, 0.4) is 0 Å². The maximum absolute atomic E-state index is 12.0. The molecule has 0 aliphatic carbocycles. The number of hydrogen-bond acceptors (Lipinski definition) is 2. The van der Waals surface area contributed by atoms with Gasteiger partial charge in [-0.2, -0.15) is 0 Å². The third kappa shape index (κ3) is 4.49. The van der Waals surface area contributed by atoms with Crippen LogP contribution in [-0.2, 0) is 4.79 Å². The van der Waals surface area contributed by atoms with Gasteiger partial charge in [-0.15, -0.1) is 0 Å². The minimum atomic E-state index is -0.0949. The van der Waals surface area contributed by atoms with E-state index in [1.807, 2.05) is 54.6 Å². The average molecular weight is 280 g/mol. The van der Waals surface area contributed by atoms with Gasteiger partial charge in [0.1, 0.15) is 0 Å². The standard InChI is InChI=1S/C18H20N2O/c1-2-17(15-6-4-3-5-7-15)20-18(21)13-10-14-8-11-16(19)12-9-14/h3-13,17H,2,19H2,1H3,(H,20,21)/b13-10+. The molecule has 2 aromatic carbocycles. The zero-order valence-electron chi connectivity index (χ0n) is 12.1. The summed E-state index contributed by atoms with van der Waals surface area (Å²) < 4.78 is 0. The molecule has 0 saturated heterocycles. The molecular weight excluding hydrogens is 260 g/mol. The van der Waals surface area contributed by atoms with Gasteiger partial charge in [0.15, 0.2) is 0 Å². The van der Waals surface area contributed by atoms with Gasteiger partial charge in [-0.3, -0.25) is 4.79 Å². The molecule has 3 N–H and O–H groups in total. The Bertz CT molecular complexity index is 603. The lowest BCUT2D eigenvalue weighted by molar-refractivity contribution is -0.117. The van der Waals surface area contributed by atoms with Crippen molar-refractivity contribution in [2.24, 2.45) is 0 Å². The Morgan fingerprint density at radius 3 is 2.43 bits per heavy atom. The number of carbonyl (C=O) groups is 1. The van der Waals surface area contributed by atoms with E-state index in [-0.39, 0.29) is 11.9 Å². The highest BCUT2D eigenvalue weighted by atomic mass is 16.1. The smallest absolute Gasteiger partial charge is 0.244 e. The highest BCUT2D eigenvalue weighted by molar-refractivity contribution is 5.92. The van der Waals surface area contributed by atoms with Crippen molar-refractivity contribution in [3.8, 4) is 0 Å². The van der Waals surface area contributed by atoms with Gasteiger partial charge < -0.3 is 11.1 Å². The molecule has 2 rings (SSSR count). The average Bonchev–Trinajstić information content (AvgIpc) is 2.53. The normalized spacial score (nSPS) is 12.2. The first-order chi connectivity index (χ1) is 10.2. The topological polar surface area (TPSA) is 55.1 Å². The summed E-state index contributed by atoms with van der Waals surface area (Å²) in [5.74, 6) is -0.0949. The van der Waals surface area contributed by atoms with Gasteiger partial charge in [0, 0.05) is 11.8 Å². The molecule has 0 spiro atoms. The molecule has 0 saturated carbocycles.